The van der Waals surface area contributed by atoms with Crippen molar-refractivity contribution >= 4 is 11.4 Å². The van der Waals surface area contributed by atoms with Crippen LogP contribution in [0.2, 0.25) is 0 Å². The fourth-order valence-electron chi connectivity index (χ4n) is 2.54. The van der Waals surface area contributed by atoms with Gasteiger partial charge in [-0.3, -0.25) is 4.98 Å². The lowest BCUT2D eigenvalue weighted by atomic mass is 10.0. The molecule has 92 valence electrons. The molecule has 2 N–H and O–H groups in total. The van der Waals surface area contributed by atoms with E-state index in [1.807, 2.05) is 12.3 Å². The van der Waals surface area contributed by atoms with Crippen molar-refractivity contribution in [1.29, 1.82) is 0 Å². The van der Waals surface area contributed by atoms with Gasteiger partial charge in [0.25, 0.3) is 0 Å². The van der Waals surface area contributed by atoms with Crippen molar-refractivity contribution in [2.75, 3.05) is 17.2 Å². The van der Waals surface area contributed by atoms with E-state index in [-0.39, 0.29) is 0 Å². The minimum Gasteiger partial charge on any atom is -0.397 e. The molecule has 3 rings (SSSR count). The van der Waals surface area contributed by atoms with Crippen molar-refractivity contribution in [2.24, 2.45) is 0 Å². The number of pyridine rings is 1. The van der Waals surface area contributed by atoms with Crippen LogP contribution in [0.3, 0.4) is 0 Å². The maximum absolute atomic E-state index is 5.81. The number of aromatic nitrogens is 1. The van der Waals surface area contributed by atoms with Gasteiger partial charge in [-0.1, -0.05) is 24.3 Å². The first-order chi connectivity index (χ1) is 8.83. The van der Waals surface area contributed by atoms with Crippen LogP contribution < -0.4 is 10.6 Å². The van der Waals surface area contributed by atoms with E-state index in [0.29, 0.717) is 0 Å². The first-order valence-corrected chi connectivity index (χ1v) is 6.35. The third kappa shape index (κ3) is 2.16. The number of fused-ring (bicyclic) bond motifs is 1. The molecule has 18 heavy (non-hydrogen) atoms. The van der Waals surface area contributed by atoms with E-state index in [0.717, 1.165) is 30.9 Å². The number of benzene rings is 1. The Morgan fingerprint density at radius 3 is 2.78 bits per heavy atom. The zero-order valence-electron chi connectivity index (χ0n) is 10.3. The van der Waals surface area contributed by atoms with Gasteiger partial charge in [0.2, 0.25) is 0 Å². The van der Waals surface area contributed by atoms with Crippen LogP contribution in [0, 0.1) is 0 Å². The minimum atomic E-state index is 0.727. The molecule has 1 aromatic heterocycles. The Bertz CT molecular complexity index is 551. The molecule has 0 radical (unpaired) electrons. The highest BCUT2D eigenvalue weighted by molar-refractivity contribution is 5.54. The van der Waals surface area contributed by atoms with Crippen LogP contribution in [-0.4, -0.2) is 11.5 Å². The van der Waals surface area contributed by atoms with E-state index in [9.17, 15) is 0 Å². The number of rotatable bonds is 1. The predicted octanol–water partition coefficient (Wildman–Crippen LogP) is 2.62. The topological polar surface area (TPSA) is 42.1 Å². The normalized spacial score (nSPS) is 15.0. The van der Waals surface area contributed by atoms with Crippen LogP contribution in [-0.2, 0) is 13.0 Å². The number of hydrogen-bond donors (Lipinski definition) is 1. The van der Waals surface area contributed by atoms with Crippen LogP contribution in [0.15, 0.2) is 42.7 Å². The lowest BCUT2D eigenvalue weighted by molar-refractivity contribution is 0.764. The second-order valence-corrected chi connectivity index (χ2v) is 4.77. The molecule has 3 heteroatoms. The lowest BCUT2D eigenvalue weighted by Gasteiger charge is -2.23. The molecule has 0 atom stereocenters. The van der Waals surface area contributed by atoms with Gasteiger partial charge < -0.3 is 10.6 Å². The Morgan fingerprint density at radius 1 is 1.11 bits per heavy atom. The molecule has 0 spiro atoms. The van der Waals surface area contributed by atoms with Crippen molar-refractivity contribution < 1.29 is 0 Å². The van der Waals surface area contributed by atoms with E-state index in [4.69, 9.17) is 5.73 Å². The molecule has 1 aliphatic heterocycles. The number of nitrogens with zero attached hydrogens (tertiary/aromatic N) is 2. The first-order valence-electron chi connectivity index (χ1n) is 6.35. The summed E-state index contributed by atoms with van der Waals surface area (Å²) in [6, 6.07) is 10.7. The highest BCUT2D eigenvalue weighted by atomic mass is 15.1. The quantitative estimate of drug-likeness (QED) is 0.831. The number of aryl methyl sites for hydroxylation is 1. The fourth-order valence-corrected chi connectivity index (χ4v) is 2.54. The molecule has 0 fully saturated rings. The number of nitrogens with two attached hydrogens (primary N) is 1. The Kier molecular flexibility index (Phi) is 2.89. The van der Waals surface area contributed by atoms with Crippen LogP contribution >= 0.6 is 0 Å². The average Bonchev–Trinajstić information content (AvgIpc) is 2.60. The summed E-state index contributed by atoms with van der Waals surface area (Å²) in [5.74, 6) is 0. The Balaban J connectivity index is 1.91. The van der Waals surface area contributed by atoms with E-state index >= 15 is 0 Å². The number of hydrogen-bond acceptors (Lipinski definition) is 3. The summed E-state index contributed by atoms with van der Waals surface area (Å²) >= 11 is 0. The third-order valence-corrected chi connectivity index (χ3v) is 3.46. The molecule has 3 nitrogen and oxygen atoms in total. The van der Waals surface area contributed by atoms with Crippen LogP contribution in [0.4, 0.5) is 11.4 Å². The van der Waals surface area contributed by atoms with Crippen LogP contribution in [0.1, 0.15) is 17.5 Å². The highest BCUT2D eigenvalue weighted by Gasteiger charge is 2.14. The molecule has 1 aromatic carbocycles. The van der Waals surface area contributed by atoms with Crippen molar-refractivity contribution in [3.63, 3.8) is 0 Å². The standard InChI is InChI=1S/C15H17N3/c16-14-8-15(10-17-9-14)18-7-3-6-12-4-1-2-5-13(12)11-18/h1-2,4-5,8-10H,3,6-7,11,16H2. The molecule has 1 aliphatic rings. The van der Waals surface area contributed by atoms with Gasteiger partial charge in [-0.2, -0.15) is 0 Å². The van der Waals surface area contributed by atoms with Gasteiger partial charge in [-0.05, 0) is 30.0 Å². The van der Waals surface area contributed by atoms with E-state index in [1.165, 1.54) is 17.5 Å². The lowest BCUT2D eigenvalue weighted by Crippen LogP contribution is -2.22. The summed E-state index contributed by atoms with van der Waals surface area (Å²) in [7, 11) is 0. The zero-order chi connectivity index (χ0) is 12.4. The summed E-state index contributed by atoms with van der Waals surface area (Å²) in [6.07, 6.45) is 5.91. The minimum absolute atomic E-state index is 0.727. The summed E-state index contributed by atoms with van der Waals surface area (Å²) < 4.78 is 0. The Morgan fingerprint density at radius 2 is 1.94 bits per heavy atom. The monoisotopic (exact) mass is 239 g/mol. The molecule has 0 saturated heterocycles. The van der Waals surface area contributed by atoms with Gasteiger partial charge in [-0.25, -0.2) is 0 Å². The predicted molar refractivity (Wildman–Crippen MR) is 74.5 cm³/mol. The molecule has 0 saturated carbocycles. The van der Waals surface area contributed by atoms with Gasteiger partial charge >= 0.3 is 0 Å². The van der Waals surface area contributed by atoms with Gasteiger partial charge in [-0.15, -0.1) is 0 Å². The van der Waals surface area contributed by atoms with Crippen molar-refractivity contribution in [3.8, 4) is 0 Å². The molecule has 0 aliphatic carbocycles. The largest absolute Gasteiger partial charge is 0.397 e. The maximum Gasteiger partial charge on any atom is 0.0576 e. The summed E-state index contributed by atoms with van der Waals surface area (Å²) in [4.78, 5) is 6.54. The Labute approximate surface area is 107 Å². The summed E-state index contributed by atoms with van der Waals surface area (Å²) in [5.41, 5.74) is 10.5. The van der Waals surface area contributed by atoms with Gasteiger partial charge in [0.05, 0.1) is 17.6 Å². The van der Waals surface area contributed by atoms with Gasteiger partial charge in [0, 0.05) is 19.3 Å². The summed E-state index contributed by atoms with van der Waals surface area (Å²) in [6.45, 7) is 2.00. The van der Waals surface area contributed by atoms with Gasteiger partial charge in [0.1, 0.15) is 0 Å². The maximum atomic E-state index is 5.81. The molecule has 2 heterocycles. The SMILES string of the molecule is Nc1cncc(N2CCCc3ccccc3C2)c1. The van der Waals surface area contributed by atoms with Crippen LogP contribution in [0.25, 0.3) is 0 Å². The molecule has 0 unspecified atom stereocenters. The Hall–Kier alpha value is -2.03. The third-order valence-electron chi connectivity index (χ3n) is 3.46. The van der Waals surface area contributed by atoms with E-state index in [1.54, 1.807) is 6.20 Å². The molecular weight excluding hydrogens is 222 g/mol. The van der Waals surface area contributed by atoms with E-state index < -0.39 is 0 Å². The second kappa shape index (κ2) is 4.69. The van der Waals surface area contributed by atoms with E-state index in [2.05, 4.69) is 34.1 Å². The smallest absolute Gasteiger partial charge is 0.0576 e. The van der Waals surface area contributed by atoms with Crippen molar-refractivity contribution in [3.05, 3.63) is 53.9 Å². The molecule has 2 aromatic rings. The number of anilines is 2. The van der Waals surface area contributed by atoms with Crippen LogP contribution in [0.5, 0.6) is 0 Å². The number of nitrogen functional groups attached to an aromatic ring is 1. The molecular formula is C15H17N3. The molecule has 0 amide bonds. The van der Waals surface area contributed by atoms with Gasteiger partial charge in [0.15, 0.2) is 0 Å². The zero-order valence-corrected chi connectivity index (χ0v) is 10.3. The first kappa shape index (κ1) is 11.1. The van der Waals surface area contributed by atoms with Crippen molar-refractivity contribution in [2.45, 2.75) is 19.4 Å². The summed E-state index contributed by atoms with van der Waals surface area (Å²) in [5, 5.41) is 0. The molecule has 0 bridgehead atoms. The fraction of sp³-hybridized carbons (Fsp3) is 0.267. The average molecular weight is 239 g/mol. The highest BCUT2D eigenvalue weighted by Crippen LogP contribution is 2.24. The second-order valence-electron chi connectivity index (χ2n) is 4.77. The van der Waals surface area contributed by atoms with Crippen molar-refractivity contribution in [1.82, 2.24) is 4.98 Å².